The summed E-state index contributed by atoms with van der Waals surface area (Å²) in [5.41, 5.74) is -0.558. The molecule has 0 rings (SSSR count). The molecule has 0 saturated heterocycles. The molecule has 0 unspecified atom stereocenters. The fraction of sp³-hybridized carbons (Fsp3) is 1.00. The van der Waals surface area contributed by atoms with Gasteiger partial charge in [0.2, 0.25) is 0 Å². The van der Waals surface area contributed by atoms with Gasteiger partial charge in [0.1, 0.15) is 0 Å². The van der Waals surface area contributed by atoms with E-state index in [-0.39, 0.29) is 16.8 Å². The second kappa shape index (κ2) is 12.0. The maximum atomic E-state index is 6.47. The Bertz CT molecular complexity index is 288. The molecule has 0 aliphatic rings. The van der Waals surface area contributed by atoms with Crippen molar-refractivity contribution in [3.63, 3.8) is 0 Å². The predicted molar refractivity (Wildman–Crippen MR) is 110 cm³/mol. The first kappa shape index (κ1) is 25.4. The summed E-state index contributed by atoms with van der Waals surface area (Å²) >= 11 is -2.24. The van der Waals surface area contributed by atoms with Crippen molar-refractivity contribution in [3.05, 3.63) is 0 Å². The molecule has 0 aromatic carbocycles. The van der Waals surface area contributed by atoms with Crippen LogP contribution in [0.2, 0.25) is 0 Å². The minimum absolute atomic E-state index is 0.186. The first-order valence-electron chi connectivity index (χ1n) is 10.5. The molecule has 0 aliphatic carbocycles. The molecular formula is C21H45AlO3. The van der Waals surface area contributed by atoms with E-state index in [1.54, 1.807) is 0 Å². The Labute approximate surface area is 163 Å². The first-order chi connectivity index (χ1) is 11.5. The molecule has 0 N–H and O–H groups in total. The topological polar surface area (TPSA) is 27.7 Å². The molecule has 3 nitrogen and oxygen atoms in total. The highest BCUT2D eigenvalue weighted by Crippen LogP contribution is 2.28. The number of hydrogen-bond acceptors (Lipinski definition) is 3. The van der Waals surface area contributed by atoms with Crippen LogP contribution in [0, 0.1) is 0 Å². The average molecular weight is 373 g/mol. The Morgan fingerprint density at radius 2 is 0.760 bits per heavy atom. The lowest BCUT2D eigenvalue weighted by Crippen LogP contribution is -2.47. The smallest absolute Gasteiger partial charge is 0.450 e. The molecular weight excluding hydrogens is 327 g/mol. The summed E-state index contributed by atoms with van der Waals surface area (Å²) in [6.45, 7) is 19.7. The van der Waals surface area contributed by atoms with Gasteiger partial charge in [-0.05, 0) is 60.8 Å². The van der Waals surface area contributed by atoms with Crippen LogP contribution >= 0.6 is 0 Å². The Balaban J connectivity index is 5.03. The van der Waals surface area contributed by atoms with Crippen LogP contribution in [0.25, 0.3) is 0 Å². The predicted octanol–water partition coefficient (Wildman–Crippen LogP) is 6.93. The van der Waals surface area contributed by atoms with Gasteiger partial charge in [-0.2, -0.15) is 0 Å². The van der Waals surface area contributed by atoms with Crippen molar-refractivity contribution in [3.8, 4) is 0 Å². The van der Waals surface area contributed by atoms with Crippen LogP contribution in [0.4, 0.5) is 0 Å². The monoisotopic (exact) mass is 372 g/mol. The molecule has 0 aromatic rings. The zero-order valence-electron chi connectivity index (χ0n) is 18.7. The zero-order valence-corrected chi connectivity index (χ0v) is 19.8. The summed E-state index contributed by atoms with van der Waals surface area (Å²) in [4.78, 5) is 0. The van der Waals surface area contributed by atoms with Gasteiger partial charge in [-0.15, -0.1) is 0 Å². The molecule has 0 bridgehead atoms. The van der Waals surface area contributed by atoms with Gasteiger partial charge in [-0.25, -0.2) is 0 Å². The highest BCUT2D eigenvalue weighted by molar-refractivity contribution is 6.36. The van der Waals surface area contributed by atoms with Crippen molar-refractivity contribution < 1.29 is 11.4 Å². The Hall–Kier alpha value is 0.412. The molecule has 0 atom stereocenters. The summed E-state index contributed by atoms with van der Waals surface area (Å²) in [5.74, 6) is 0. The maximum Gasteiger partial charge on any atom is 0.906 e. The molecule has 150 valence electrons. The first-order valence-corrected chi connectivity index (χ1v) is 11.9. The highest BCUT2D eigenvalue weighted by atomic mass is 27.3. The number of rotatable bonds is 15. The Kier molecular flexibility index (Phi) is 12.2. The summed E-state index contributed by atoms with van der Waals surface area (Å²) < 4.78 is 19.4. The molecule has 0 aliphatic heterocycles. The molecule has 0 fully saturated rings. The zero-order chi connectivity index (χ0) is 19.6. The van der Waals surface area contributed by atoms with Gasteiger partial charge in [-0.3, -0.25) is 0 Å². The van der Waals surface area contributed by atoms with Crippen LogP contribution in [-0.2, 0) is 11.4 Å². The lowest BCUT2D eigenvalue weighted by Gasteiger charge is -2.37. The van der Waals surface area contributed by atoms with Gasteiger partial charge in [0.05, 0.1) is 0 Å². The Morgan fingerprint density at radius 1 is 0.520 bits per heavy atom. The summed E-state index contributed by atoms with van der Waals surface area (Å²) in [5, 5.41) is 0. The van der Waals surface area contributed by atoms with E-state index in [0.717, 1.165) is 19.3 Å². The van der Waals surface area contributed by atoms with E-state index in [2.05, 4.69) is 62.3 Å². The van der Waals surface area contributed by atoms with Crippen LogP contribution in [-0.4, -0.2) is 32.0 Å². The second-order valence-electron chi connectivity index (χ2n) is 9.23. The number of hydrogen-bond donors (Lipinski definition) is 0. The van der Waals surface area contributed by atoms with Crippen LogP contribution in [0.3, 0.4) is 0 Å². The molecule has 0 amide bonds. The lowest BCUT2D eigenvalue weighted by molar-refractivity contribution is -0.0713. The summed E-state index contributed by atoms with van der Waals surface area (Å²) in [7, 11) is 0. The molecule has 0 spiro atoms. The highest BCUT2D eigenvalue weighted by Gasteiger charge is 2.45. The van der Waals surface area contributed by atoms with Gasteiger partial charge in [0.25, 0.3) is 0 Å². The maximum absolute atomic E-state index is 6.47. The summed E-state index contributed by atoms with van der Waals surface area (Å²) in [6, 6.07) is 0. The van der Waals surface area contributed by atoms with E-state index in [1.165, 1.54) is 38.5 Å². The van der Waals surface area contributed by atoms with Gasteiger partial charge >= 0.3 is 15.1 Å². The molecule has 25 heavy (non-hydrogen) atoms. The fourth-order valence-electron chi connectivity index (χ4n) is 2.84. The van der Waals surface area contributed by atoms with Crippen molar-refractivity contribution in [2.24, 2.45) is 0 Å². The van der Waals surface area contributed by atoms with Crippen molar-refractivity contribution in [2.75, 3.05) is 0 Å². The second-order valence-corrected chi connectivity index (χ2v) is 10.5. The van der Waals surface area contributed by atoms with E-state index in [0.29, 0.717) is 0 Å². The van der Waals surface area contributed by atoms with Crippen LogP contribution in [0.1, 0.15) is 120 Å². The van der Waals surface area contributed by atoms with Crippen LogP contribution in [0.15, 0.2) is 0 Å². The van der Waals surface area contributed by atoms with Crippen molar-refractivity contribution in [2.45, 2.75) is 137 Å². The van der Waals surface area contributed by atoms with E-state index in [9.17, 15) is 0 Å². The molecule has 0 saturated carbocycles. The molecule has 0 heterocycles. The lowest BCUT2D eigenvalue weighted by atomic mass is 10.0. The van der Waals surface area contributed by atoms with E-state index >= 15 is 0 Å². The van der Waals surface area contributed by atoms with E-state index < -0.39 is 15.1 Å². The third kappa shape index (κ3) is 13.3. The van der Waals surface area contributed by atoms with Crippen molar-refractivity contribution >= 4 is 15.1 Å². The molecule has 0 radical (unpaired) electrons. The summed E-state index contributed by atoms with van der Waals surface area (Å²) in [6.07, 6.45) is 10.2. The standard InChI is InChI=1S/3C7H15O.Al/c3*1-4-5-6-7(2,3)8;/h3*4-6H2,1-3H3;/q3*-1;+3. The largest absolute Gasteiger partial charge is 0.906 e. The fourth-order valence-corrected chi connectivity index (χ4v) is 4.90. The SMILES string of the molecule is CCCCC(C)(C)[O][Al]([O]C(C)(C)CCCC)[O]C(C)(C)CCCC. The van der Waals surface area contributed by atoms with Crippen LogP contribution < -0.4 is 0 Å². The average Bonchev–Trinajstić information content (AvgIpc) is 2.47. The van der Waals surface area contributed by atoms with E-state index in [4.69, 9.17) is 11.4 Å². The van der Waals surface area contributed by atoms with Gasteiger partial charge < -0.3 is 11.4 Å². The number of unbranched alkanes of at least 4 members (excludes halogenated alkanes) is 3. The minimum Gasteiger partial charge on any atom is -0.450 e. The van der Waals surface area contributed by atoms with Crippen molar-refractivity contribution in [1.29, 1.82) is 0 Å². The third-order valence-electron chi connectivity index (χ3n) is 4.64. The van der Waals surface area contributed by atoms with Crippen LogP contribution in [0.5, 0.6) is 0 Å². The van der Waals surface area contributed by atoms with Gasteiger partial charge in [0, 0.05) is 16.8 Å². The minimum atomic E-state index is -2.24. The quantitative estimate of drug-likeness (QED) is 0.292. The van der Waals surface area contributed by atoms with E-state index in [1.807, 2.05) is 0 Å². The van der Waals surface area contributed by atoms with Gasteiger partial charge in [-0.1, -0.05) is 59.3 Å². The van der Waals surface area contributed by atoms with Gasteiger partial charge in [0.15, 0.2) is 0 Å². The molecule has 0 aromatic heterocycles. The molecule has 4 heteroatoms. The Morgan fingerprint density at radius 3 is 0.960 bits per heavy atom. The third-order valence-corrected chi connectivity index (χ3v) is 7.13. The normalized spacial score (nSPS) is 13.3. The van der Waals surface area contributed by atoms with Crippen molar-refractivity contribution in [1.82, 2.24) is 0 Å².